The summed E-state index contributed by atoms with van der Waals surface area (Å²) < 4.78 is 16.5. The minimum Gasteiger partial charge on any atom is -0.507 e. The smallest absolute Gasteiger partial charge is 0.300 e. The molecule has 0 radical (unpaired) electrons. The van der Waals surface area contributed by atoms with Crippen LogP contribution in [0, 0.1) is 13.8 Å². The van der Waals surface area contributed by atoms with Crippen molar-refractivity contribution in [2.45, 2.75) is 19.9 Å². The summed E-state index contributed by atoms with van der Waals surface area (Å²) in [6.07, 6.45) is 0. The first kappa shape index (κ1) is 19.0. The van der Waals surface area contributed by atoms with Gasteiger partial charge < -0.3 is 19.0 Å². The standard InChI is InChI=1S/C24H19NO6/c1-13-5-3-4-6-16(13)25-21(18-9-7-14(2)31-18)20(23(27)24(25)28)22(26)15-8-10-17-19(11-15)30-12-29-17/h3-11,21,26H,12H2,1-2H3/b22-20-. The number of para-hydroxylation sites is 1. The van der Waals surface area contributed by atoms with Crippen molar-refractivity contribution in [2.24, 2.45) is 0 Å². The number of aryl methyl sites for hydroxylation is 2. The zero-order valence-electron chi connectivity index (χ0n) is 16.9. The first-order valence-electron chi connectivity index (χ1n) is 9.78. The second-order valence-corrected chi connectivity index (χ2v) is 7.47. The number of aliphatic hydroxyl groups is 1. The highest BCUT2D eigenvalue weighted by atomic mass is 16.7. The van der Waals surface area contributed by atoms with Gasteiger partial charge in [0.05, 0.1) is 5.57 Å². The molecular formula is C24H19NO6. The molecule has 1 atom stereocenters. The molecule has 2 aromatic carbocycles. The maximum atomic E-state index is 13.1. The SMILES string of the molecule is Cc1ccc(C2/C(=C(/O)c3ccc4c(c3)OCO4)C(=O)C(=O)N2c2ccccc2C)o1. The summed E-state index contributed by atoms with van der Waals surface area (Å²) in [7, 11) is 0. The van der Waals surface area contributed by atoms with E-state index in [2.05, 4.69) is 0 Å². The molecule has 1 amide bonds. The maximum absolute atomic E-state index is 13.1. The molecule has 156 valence electrons. The molecule has 1 fully saturated rings. The summed E-state index contributed by atoms with van der Waals surface area (Å²) >= 11 is 0. The highest BCUT2D eigenvalue weighted by Gasteiger charge is 2.48. The quantitative estimate of drug-likeness (QED) is 0.389. The zero-order valence-corrected chi connectivity index (χ0v) is 16.9. The van der Waals surface area contributed by atoms with Crippen LogP contribution in [0.4, 0.5) is 5.69 Å². The van der Waals surface area contributed by atoms with Crippen LogP contribution in [0.25, 0.3) is 5.76 Å². The highest BCUT2D eigenvalue weighted by Crippen LogP contribution is 2.44. The Labute approximate surface area is 178 Å². The average molecular weight is 417 g/mol. The highest BCUT2D eigenvalue weighted by molar-refractivity contribution is 6.51. The van der Waals surface area contributed by atoms with E-state index in [0.29, 0.717) is 34.3 Å². The summed E-state index contributed by atoms with van der Waals surface area (Å²) in [4.78, 5) is 27.6. The molecule has 2 aliphatic rings. The molecule has 2 aliphatic heterocycles. The second-order valence-electron chi connectivity index (χ2n) is 7.47. The van der Waals surface area contributed by atoms with Crippen molar-refractivity contribution in [3.05, 3.63) is 82.8 Å². The molecule has 1 aromatic heterocycles. The number of furan rings is 1. The molecule has 3 aromatic rings. The lowest BCUT2D eigenvalue weighted by atomic mass is 9.98. The number of aliphatic hydroxyl groups excluding tert-OH is 1. The lowest BCUT2D eigenvalue weighted by molar-refractivity contribution is -0.132. The average Bonchev–Trinajstić information content (AvgIpc) is 3.46. The predicted octanol–water partition coefficient (Wildman–Crippen LogP) is 4.25. The van der Waals surface area contributed by atoms with Crippen molar-refractivity contribution in [1.82, 2.24) is 0 Å². The van der Waals surface area contributed by atoms with E-state index in [0.717, 1.165) is 5.56 Å². The van der Waals surface area contributed by atoms with Gasteiger partial charge >= 0.3 is 0 Å². The Kier molecular flexibility index (Phi) is 4.32. The van der Waals surface area contributed by atoms with Crippen LogP contribution >= 0.6 is 0 Å². The molecule has 31 heavy (non-hydrogen) atoms. The molecule has 3 heterocycles. The Morgan fingerprint density at radius 3 is 2.52 bits per heavy atom. The summed E-state index contributed by atoms with van der Waals surface area (Å²) in [6.45, 7) is 3.72. The normalized spacial score (nSPS) is 19.3. The van der Waals surface area contributed by atoms with Crippen molar-refractivity contribution in [2.75, 3.05) is 11.7 Å². The number of nitrogens with zero attached hydrogens (tertiary/aromatic N) is 1. The third-order valence-electron chi connectivity index (χ3n) is 5.50. The Bertz CT molecular complexity index is 1250. The minimum atomic E-state index is -0.903. The molecule has 1 saturated heterocycles. The lowest BCUT2D eigenvalue weighted by Crippen LogP contribution is -2.29. The Morgan fingerprint density at radius 2 is 1.77 bits per heavy atom. The molecule has 0 spiro atoms. The van der Waals surface area contributed by atoms with E-state index in [4.69, 9.17) is 13.9 Å². The van der Waals surface area contributed by atoms with Gasteiger partial charge in [-0.15, -0.1) is 0 Å². The van der Waals surface area contributed by atoms with Crippen LogP contribution in [0.5, 0.6) is 11.5 Å². The fourth-order valence-corrected chi connectivity index (χ4v) is 3.98. The molecule has 5 rings (SSSR count). The van der Waals surface area contributed by atoms with Gasteiger partial charge in [-0.25, -0.2) is 0 Å². The summed E-state index contributed by atoms with van der Waals surface area (Å²) in [5.74, 6) is 0.230. The van der Waals surface area contributed by atoms with E-state index < -0.39 is 17.7 Å². The summed E-state index contributed by atoms with van der Waals surface area (Å²) in [5.41, 5.74) is 1.70. The van der Waals surface area contributed by atoms with E-state index in [9.17, 15) is 14.7 Å². The zero-order chi connectivity index (χ0) is 21.7. The van der Waals surface area contributed by atoms with Crippen molar-refractivity contribution in [3.8, 4) is 11.5 Å². The van der Waals surface area contributed by atoms with Crippen LogP contribution in [0.3, 0.4) is 0 Å². The van der Waals surface area contributed by atoms with Crippen LogP contribution < -0.4 is 14.4 Å². The number of anilines is 1. The summed E-state index contributed by atoms with van der Waals surface area (Å²) in [5, 5.41) is 11.2. The van der Waals surface area contributed by atoms with Gasteiger partial charge in [0.25, 0.3) is 11.7 Å². The summed E-state index contributed by atoms with van der Waals surface area (Å²) in [6, 6.07) is 14.7. The molecule has 1 N–H and O–H groups in total. The first-order chi connectivity index (χ1) is 15.0. The Hall–Kier alpha value is -4.00. The molecule has 0 saturated carbocycles. The van der Waals surface area contributed by atoms with E-state index in [1.807, 2.05) is 19.1 Å². The van der Waals surface area contributed by atoms with Crippen LogP contribution in [-0.2, 0) is 9.59 Å². The van der Waals surface area contributed by atoms with E-state index >= 15 is 0 Å². The van der Waals surface area contributed by atoms with Gasteiger partial charge in [-0.2, -0.15) is 0 Å². The number of ketones is 1. The van der Waals surface area contributed by atoms with Gasteiger partial charge in [-0.05, 0) is 55.8 Å². The fourth-order valence-electron chi connectivity index (χ4n) is 3.98. The van der Waals surface area contributed by atoms with Crippen LogP contribution in [0.15, 0.2) is 64.6 Å². The lowest BCUT2D eigenvalue weighted by Gasteiger charge is -2.25. The minimum absolute atomic E-state index is 0.0403. The number of amides is 1. The number of benzene rings is 2. The number of carbonyl (C=O) groups excluding carboxylic acids is 2. The third-order valence-corrected chi connectivity index (χ3v) is 5.50. The van der Waals surface area contributed by atoms with Crippen LogP contribution in [0.2, 0.25) is 0 Å². The Balaban J connectivity index is 1.71. The third kappa shape index (κ3) is 2.97. The number of ether oxygens (including phenoxy) is 2. The number of hydrogen-bond donors (Lipinski definition) is 1. The van der Waals surface area contributed by atoms with E-state index in [1.165, 1.54) is 4.90 Å². The predicted molar refractivity (Wildman–Crippen MR) is 112 cm³/mol. The maximum Gasteiger partial charge on any atom is 0.300 e. The number of Topliss-reactive ketones (excluding diaryl/α,β-unsaturated/α-hetero) is 1. The monoisotopic (exact) mass is 417 g/mol. The van der Waals surface area contributed by atoms with Crippen molar-refractivity contribution < 1.29 is 28.6 Å². The molecule has 7 nitrogen and oxygen atoms in total. The van der Waals surface area contributed by atoms with E-state index in [-0.39, 0.29) is 18.1 Å². The molecule has 0 bridgehead atoms. The molecule has 0 aliphatic carbocycles. The second kappa shape index (κ2) is 7.05. The topological polar surface area (TPSA) is 89.2 Å². The van der Waals surface area contributed by atoms with Crippen molar-refractivity contribution in [3.63, 3.8) is 0 Å². The van der Waals surface area contributed by atoms with Crippen molar-refractivity contribution >= 4 is 23.1 Å². The molecular weight excluding hydrogens is 398 g/mol. The van der Waals surface area contributed by atoms with E-state index in [1.54, 1.807) is 49.4 Å². The molecule has 7 heteroatoms. The van der Waals surface area contributed by atoms with Crippen molar-refractivity contribution in [1.29, 1.82) is 0 Å². The fraction of sp³-hybridized carbons (Fsp3) is 0.167. The van der Waals surface area contributed by atoms with Gasteiger partial charge in [-0.1, -0.05) is 18.2 Å². The van der Waals surface area contributed by atoms with Gasteiger partial charge in [-0.3, -0.25) is 14.5 Å². The number of rotatable bonds is 3. The van der Waals surface area contributed by atoms with Gasteiger partial charge in [0.15, 0.2) is 11.5 Å². The van der Waals surface area contributed by atoms with Crippen LogP contribution in [0.1, 0.15) is 28.7 Å². The van der Waals surface area contributed by atoms with Crippen LogP contribution in [-0.4, -0.2) is 23.6 Å². The first-order valence-corrected chi connectivity index (χ1v) is 9.78. The number of fused-ring (bicyclic) bond motifs is 1. The van der Waals surface area contributed by atoms with Gasteiger partial charge in [0, 0.05) is 11.3 Å². The van der Waals surface area contributed by atoms with Gasteiger partial charge in [0.1, 0.15) is 23.3 Å². The Morgan fingerprint density at radius 1 is 1.00 bits per heavy atom. The number of carbonyl (C=O) groups is 2. The van der Waals surface area contributed by atoms with Gasteiger partial charge in [0.2, 0.25) is 6.79 Å². The molecule has 1 unspecified atom stereocenters. The number of hydrogen-bond acceptors (Lipinski definition) is 6. The largest absolute Gasteiger partial charge is 0.507 e.